The van der Waals surface area contributed by atoms with Crippen LogP contribution in [0.25, 0.3) is 0 Å². The highest BCUT2D eigenvalue weighted by molar-refractivity contribution is 8.16. The first-order chi connectivity index (χ1) is 13.0. The van der Waals surface area contributed by atoms with Crippen LogP contribution in [0.15, 0.2) is 52.7 Å². The van der Waals surface area contributed by atoms with Gasteiger partial charge in [0.1, 0.15) is 11.5 Å². The second kappa shape index (κ2) is 8.26. The normalized spacial score (nSPS) is 18.5. The molecule has 0 aliphatic carbocycles. The number of aryl methyl sites for hydroxylation is 1. The first kappa shape index (κ1) is 19.0. The minimum absolute atomic E-state index is 0.000156. The van der Waals surface area contributed by atoms with Crippen molar-refractivity contribution in [1.82, 2.24) is 0 Å². The number of methoxy groups -OCH3 is 2. The van der Waals surface area contributed by atoms with Crippen molar-refractivity contribution >= 4 is 34.7 Å². The predicted molar refractivity (Wildman–Crippen MR) is 110 cm³/mol. The Balaban J connectivity index is 1.87. The van der Waals surface area contributed by atoms with E-state index in [1.807, 2.05) is 50.2 Å². The number of amidine groups is 1. The van der Waals surface area contributed by atoms with Crippen molar-refractivity contribution in [1.29, 1.82) is 0 Å². The first-order valence-electron chi connectivity index (χ1n) is 8.44. The van der Waals surface area contributed by atoms with E-state index in [1.54, 1.807) is 31.4 Å². The molecule has 0 bridgehead atoms. The van der Waals surface area contributed by atoms with Crippen molar-refractivity contribution in [3.05, 3.63) is 53.6 Å². The first-order valence-corrected chi connectivity index (χ1v) is 9.32. The number of hydrogen-bond donors (Lipinski definition) is 0. The van der Waals surface area contributed by atoms with E-state index in [4.69, 9.17) is 9.47 Å². The molecule has 0 saturated carbocycles. The van der Waals surface area contributed by atoms with E-state index in [0.717, 1.165) is 16.8 Å². The molecule has 3 rings (SSSR count). The third kappa shape index (κ3) is 4.14. The van der Waals surface area contributed by atoms with Crippen LogP contribution in [0.4, 0.5) is 5.69 Å². The van der Waals surface area contributed by atoms with Gasteiger partial charge in [-0.15, -0.1) is 5.10 Å². The summed E-state index contributed by atoms with van der Waals surface area (Å²) in [6.45, 7) is 3.88. The van der Waals surface area contributed by atoms with E-state index in [2.05, 4.69) is 10.2 Å². The van der Waals surface area contributed by atoms with Gasteiger partial charge in [0.05, 0.1) is 31.4 Å². The van der Waals surface area contributed by atoms with Crippen LogP contribution < -0.4 is 14.4 Å². The minimum Gasteiger partial charge on any atom is -0.497 e. The van der Waals surface area contributed by atoms with Crippen LogP contribution in [0.2, 0.25) is 0 Å². The van der Waals surface area contributed by atoms with E-state index >= 15 is 0 Å². The summed E-state index contributed by atoms with van der Waals surface area (Å²) in [5.41, 5.74) is 2.69. The molecule has 1 saturated heterocycles. The molecule has 2 aromatic rings. The number of thioether (sulfide) groups is 1. The molecule has 1 heterocycles. The zero-order valence-electron chi connectivity index (χ0n) is 15.7. The van der Waals surface area contributed by atoms with Gasteiger partial charge >= 0.3 is 0 Å². The fraction of sp³-hybridized carbons (Fsp3) is 0.250. The topological polar surface area (TPSA) is 63.5 Å². The quantitative estimate of drug-likeness (QED) is 0.581. The third-order valence-electron chi connectivity index (χ3n) is 4.11. The number of hydrogen-bond acceptors (Lipinski definition) is 6. The Kier molecular flexibility index (Phi) is 5.81. The molecule has 1 unspecified atom stereocenters. The van der Waals surface area contributed by atoms with Crippen molar-refractivity contribution in [3.63, 3.8) is 0 Å². The van der Waals surface area contributed by atoms with Crippen molar-refractivity contribution in [2.24, 2.45) is 10.2 Å². The highest BCUT2D eigenvalue weighted by Crippen LogP contribution is 2.32. The Bertz CT molecular complexity index is 894. The summed E-state index contributed by atoms with van der Waals surface area (Å²) >= 11 is 1.39. The second-order valence-electron chi connectivity index (χ2n) is 6.00. The van der Waals surface area contributed by atoms with Crippen molar-refractivity contribution in [3.8, 4) is 11.5 Å². The van der Waals surface area contributed by atoms with Crippen LogP contribution >= 0.6 is 11.8 Å². The summed E-state index contributed by atoms with van der Waals surface area (Å²) in [6.07, 6.45) is 1.60. The SMILES string of the molecule is COc1ccc(/C=N/N=C2/SC(C)C(=O)N2c2ccc(C)cc2)c(OC)c1. The summed E-state index contributed by atoms with van der Waals surface area (Å²) in [4.78, 5) is 14.2. The highest BCUT2D eigenvalue weighted by Gasteiger charge is 2.36. The largest absolute Gasteiger partial charge is 0.497 e. The van der Waals surface area contributed by atoms with E-state index in [-0.39, 0.29) is 11.2 Å². The number of carbonyl (C=O) groups excluding carboxylic acids is 1. The number of anilines is 1. The Morgan fingerprint density at radius 1 is 1.11 bits per heavy atom. The summed E-state index contributed by atoms with van der Waals surface area (Å²) in [6, 6.07) is 13.2. The van der Waals surface area contributed by atoms with Crippen molar-refractivity contribution in [2.75, 3.05) is 19.1 Å². The molecule has 0 spiro atoms. The minimum atomic E-state index is -0.198. The van der Waals surface area contributed by atoms with Crippen LogP contribution in [-0.2, 0) is 4.79 Å². The monoisotopic (exact) mass is 383 g/mol. The van der Waals surface area contributed by atoms with Gasteiger partial charge in [0.2, 0.25) is 5.91 Å². The molecule has 0 aromatic heterocycles. The molecule has 0 radical (unpaired) electrons. The van der Waals surface area contributed by atoms with Crippen LogP contribution in [0.5, 0.6) is 11.5 Å². The molecule has 6 nitrogen and oxygen atoms in total. The van der Waals surface area contributed by atoms with Gasteiger partial charge in [-0.1, -0.05) is 29.5 Å². The Labute approximate surface area is 162 Å². The van der Waals surface area contributed by atoms with Gasteiger partial charge in [-0.25, -0.2) is 0 Å². The van der Waals surface area contributed by atoms with Gasteiger partial charge in [0, 0.05) is 11.6 Å². The average molecular weight is 383 g/mol. The molecular formula is C20H21N3O3S. The lowest BCUT2D eigenvalue weighted by molar-refractivity contribution is -0.116. The number of amides is 1. The lowest BCUT2D eigenvalue weighted by atomic mass is 10.2. The molecule has 1 aliphatic heterocycles. The molecule has 0 N–H and O–H groups in total. The maximum Gasteiger partial charge on any atom is 0.246 e. The fourth-order valence-corrected chi connectivity index (χ4v) is 3.52. The molecule has 1 fully saturated rings. The summed E-state index contributed by atoms with van der Waals surface area (Å²) < 4.78 is 10.5. The molecule has 1 amide bonds. The Morgan fingerprint density at radius 2 is 1.85 bits per heavy atom. The smallest absolute Gasteiger partial charge is 0.246 e. The molecule has 1 atom stereocenters. The van der Waals surface area contributed by atoms with Crippen LogP contribution in [0.1, 0.15) is 18.1 Å². The van der Waals surface area contributed by atoms with Gasteiger partial charge in [-0.05, 0) is 38.1 Å². The van der Waals surface area contributed by atoms with E-state index in [9.17, 15) is 4.79 Å². The molecular weight excluding hydrogens is 362 g/mol. The van der Waals surface area contributed by atoms with Crippen LogP contribution in [0, 0.1) is 6.92 Å². The third-order valence-corrected chi connectivity index (χ3v) is 5.14. The van der Waals surface area contributed by atoms with E-state index in [1.165, 1.54) is 11.8 Å². The number of rotatable bonds is 5. The second-order valence-corrected chi connectivity index (χ2v) is 7.31. The standard InChI is InChI=1S/C20H21N3O3S/c1-13-5-8-16(9-6-13)23-19(24)14(2)27-20(23)22-21-12-15-7-10-17(25-3)11-18(15)26-4/h5-12,14H,1-4H3/b21-12+,22-20+. The number of benzene rings is 2. The van der Waals surface area contributed by atoms with E-state index < -0.39 is 0 Å². The maximum absolute atomic E-state index is 12.5. The summed E-state index contributed by atoms with van der Waals surface area (Å²) in [7, 11) is 3.19. The van der Waals surface area contributed by atoms with Crippen LogP contribution in [0.3, 0.4) is 0 Å². The van der Waals surface area contributed by atoms with Gasteiger partial charge in [0.25, 0.3) is 0 Å². The molecule has 27 heavy (non-hydrogen) atoms. The number of nitrogens with zero attached hydrogens (tertiary/aromatic N) is 3. The maximum atomic E-state index is 12.5. The van der Waals surface area contributed by atoms with Gasteiger partial charge < -0.3 is 9.47 Å². The summed E-state index contributed by atoms with van der Waals surface area (Å²) in [5, 5.41) is 8.82. The molecule has 7 heteroatoms. The van der Waals surface area contributed by atoms with Crippen LogP contribution in [-0.4, -0.2) is 36.8 Å². The number of ether oxygens (including phenoxy) is 2. The number of carbonyl (C=O) groups is 1. The van der Waals surface area contributed by atoms with Gasteiger partial charge in [-0.3, -0.25) is 9.69 Å². The molecule has 2 aromatic carbocycles. The zero-order chi connectivity index (χ0) is 19.4. The lowest BCUT2D eigenvalue weighted by Gasteiger charge is -2.15. The predicted octanol–water partition coefficient (Wildman–Crippen LogP) is 3.87. The van der Waals surface area contributed by atoms with Crippen molar-refractivity contribution in [2.45, 2.75) is 19.1 Å². The fourth-order valence-electron chi connectivity index (χ4n) is 2.60. The molecule has 140 valence electrons. The summed E-state index contributed by atoms with van der Waals surface area (Å²) in [5.74, 6) is 1.34. The van der Waals surface area contributed by atoms with Crippen molar-refractivity contribution < 1.29 is 14.3 Å². The highest BCUT2D eigenvalue weighted by atomic mass is 32.2. The van der Waals surface area contributed by atoms with Gasteiger partial charge in [0.15, 0.2) is 5.17 Å². The van der Waals surface area contributed by atoms with Gasteiger partial charge in [-0.2, -0.15) is 5.10 Å². The molecule has 1 aliphatic rings. The average Bonchev–Trinajstić information content (AvgIpc) is 2.96. The Hall–Kier alpha value is -2.80. The zero-order valence-corrected chi connectivity index (χ0v) is 16.5. The Morgan fingerprint density at radius 3 is 2.52 bits per heavy atom. The van der Waals surface area contributed by atoms with E-state index in [0.29, 0.717) is 16.7 Å². The lowest BCUT2D eigenvalue weighted by Crippen LogP contribution is -2.31.